The molecule has 2 fully saturated rings. The highest BCUT2D eigenvalue weighted by Gasteiger charge is 2.63. The zero-order chi connectivity index (χ0) is 12.5. The Hall–Kier alpha value is -0.330. The Morgan fingerprint density at radius 2 is 1.88 bits per heavy atom. The summed E-state index contributed by atoms with van der Waals surface area (Å²) in [5.41, 5.74) is -1.91. The summed E-state index contributed by atoms with van der Waals surface area (Å²) in [6.07, 6.45) is -2.40. The second-order valence-electron chi connectivity index (χ2n) is 4.81. The molecule has 100 valence electrons. The van der Waals surface area contributed by atoms with E-state index in [4.69, 9.17) is 4.74 Å². The molecule has 0 aromatic heterocycles. The summed E-state index contributed by atoms with van der Waals surface area (Å²) in [5, 5.41) is 3.21. The van der Waals surface area contributed by atoms with Gasteiger partial charge in [-0.1, -0.05) is 0 Å². The fourth-order valence-electron chi connectivity index (χ4n) is 2.67. The van der Waals surface area contributed by atoms with Gasteiger partial charge in [-0.05, 0) is 32.9 Å². The summed E-state index contributed by atoms with van der Waals surface area (Å²) in [7, 11) is 0. The molecule has 2 aliphatic heterocycles. The molecule has 2 aliphatic rings. The highest BCUT2D eigenvalue weighted by atomic mass is 19.4. The Morgan fingerprint density at radius 1 is 1.29 bits per heavy atom. The molecule has 0 aromatic carbocycles. The lowest BCUT2D eigenvalue weighted by molar-refractivity contribution is -0.322. The molecule has 1 N–H and O–H groups in total. The molecular formula is C11H19F3N2O. The molecule has 0 radical (unpaired) electrons. The van der Waals surface area contributed by atoms with E-state index in [1.54, 1.807) is 6.92 Å². The zero-order valence-electron chi connectivity index (χ0n) is 10.0. The lowest BCUT2D eigenvalue weighted by Crippen LogP contribution is -2.72. The SMILES string of the molecule is CCOC1(C(F)(F)F)CN(C2CCNCC2)C1. The molecule has 0 aliphatic carbocycles. The molecule has 0 bridgehead atoms. The Morgan fingerprint density at radius 3 is 2.35 bits per heavy atom. The summed E-state index contributed by atoms with van der Waals surface area (Å²) in [6, 6.07) is 0.284. The van der Waals surface area contributed by atoms with Crippen LogP contribution in [0, 0.1) is 0 Å². The number of rotatable bonds is 3. The number of nitrogens with one attached hydrogen (secondary N) is 1. The third kappa shape index (κ3) is 2.44. The average molecular weight is 252 g/mol. The highest BCUT2D eigenvalue weighted by molar-refractivity contribution is 5.05. The average Bonchev–Trinajstić information content (AvgIpc) is 2.22. The van der Waals surface area contributed by atoms with Gasteiger partial charge in [-0.2, -0.15) is 13.2 Å². The topological polar surface area (TPSA) is 24.5 Å². The molecule has 2 rings (SSSR count). The minimum Gasteiger partial charge on any atom is -0.363 e. The van der Waals surface area contributed by atoms with Gasteiger partial charge in [0.15, 0.2) is 5.60 Å². The quantitative estimate of drug-likeness (QED) is 0.821. The van der Waals surface area contributed by atoms with Crippen LogP contribution in [-0.2, 0) is 4.74 Å². The fraction of sp³-hybridized carbons (Fsp3) is 1.00. The lowest BCUT2D eigenvalue weighted by atomic mass is 9.88. The van der Waals surface area contributed by atoms with Crippen LogP contribution in [-0.4, -0.2) is 55.5 Å². The first-order valence-electron chi connectivity index (χ1n) is 6.14. The van der Waals surface area contributed by atoms with Gasteiger partial charge in [0, 0.05) is 25.7 Å². The van der Waals surface area contributed by atoms with E-state index in [1.807, 2.05) is 4.90 Å². The normalized spacial score (nSPS) is 26.8. The Balaban J connectivity index is 1.93. The smallest absolute Gasteiger partial charge is 0.363 e. The van der Waals surface area contributed by atoms with Crippen molar-refractivity contribution in [2.45, 2.75) is 37.6 Å². The number of alkyl halides is 3. The van der Waals surface area contributed by atoms with Gasteiger partial charge >= 0.3 is 6.18 Å². The molecule has 2 saturated heterocycles. The molecule has 6 heteroatoms. The van der Waals surface area contributed by atoms with E-state index in [0.717, 1.165) is 25.9 Å². The van der Waals surface area contributed by atoms with Crippen molar-refractivity contribution in [1.82, 2.24) is 10.2 Å². The van der Waals surface area contributed by atoms with Crippen LogP contribution in [0.15, 0.2) is 0 Å². The van der Waals surface area contributed by atoms with E-state index < -0.39 is 11.8 Å². The minimum atomic E-state index is -4.26. The van der Waals surface area contributed by atoms with Crippen LogP contribution in [0.25, 0.3) is 0 Å². The summed E-state index contributed by atoms with van der Waals surface area (Å²) >= 11 is 0. The van der Waals surface area contributed by atoms with E-state index in [0.29, 0.717) is 0 Å². The van der Waals surface area contributed by atoms with Gasteiger partial charge < -0.3 is 10.1 Å². The fourth-order valence-corrected chi connectivity index (χ4v) is 2.67. The van der Waals surface area contributed by atoms with E-state index in [1.165, 1.54) is 0 Å². The first-order chi connectivity index (χ1) is 7.98. The Labute approximate surface area is 99.3 Å². The number of nitrogens with zero attached hydrogens (tertiary/aromatic N) is 1. The van der Waals surface area contributed by atoms with E-state index in [9.17, 15) is 13.2 Å². The van der Waals surface area contributed by atoms with Crippen LogP contribution in [0.2, 0.25) is 0 Å². The van der Waals surface area contributed by atoms with Crippen LogP contribution < -0.4 is 5.32 Å². The van der Waals surface area contributed by atoms with Crippen LogP contribution in [0.3, 0.4) is 0 Å². The third-order valence-corrected chi connectivity index (χ3v) is 3.68. The maximum absolute atomic E-state index is 12.9. The van der Waals surface area contributed by atoms with Crippen molar-refractivity contribution in [3.63, 3.8) is 0 Å². The maximum atomic E-state index is 12.9. The first-order valence-corrected chi connectivity index (χ1v) is 6.14. The van der Waals surface area contributed by atoms with Gasteiger partial charge in [-0.15, -0.1) is 0 Å². The van der Waals surface area contributed by atoms with E-state index >= 15 is 0 Å². The Kier molecular flexibility index (Phi) is 3.66. The van der Waals surface area contributed by atoms with Crippen molar-refractivity contribution in [1.29, 1.82) is 0 Å². The van der Waals surface area contributed by atoms with Gasteiger partial charge in [0.05, 0.1) is 0 Å². The number of halogens is 3. The molecule has 0 aromatic rings. The Bertz CT molecular complexity index is 258. The molecule has 3 nitrogen and oxygen atoms in total. The van der Waals surface area contributed by atoms with Crippen molar-refractivity contribution in [3.05, 3.63) is 0 Å². The van der Waals surface area contributed by atoms with Gasteiger partial charge in [-0.3, -0.25) is 4.90 Å². The number of ether oxygens (including phenoxy) is 1. The summed E-state index contributed by atoms with van der Waals surface area (Å²) < 4.78 is 43.7. The van der Waals surface area contributed by atoms with Crippen molar-refractivity contribution in [3.8, 4) is 0 Å². The molecule has 0 spiro atoms. The van der Waals surface area contributed by atoms with Crippen LogP contribution in [0.5, 0.6) is 0 Å². The standard InChI is InChI=1S/C11H19F3N2O/c1-2-17-10(11(12,13)14)7-16(8-10)9-3-5-15-6-4-9/h9,15H,2-8H2,1H3. The molecule has 0 saturated carbocycles. The van der Waals surface area contributed by atoms with Crippen LogP contribution in [0.4, 0.5) is 13.2 Å². The van der Waals surface area contributed by atoms with E-state index in [-0.39, 0.29) is 25.7 Å². The lowest BCUT2D eigenvalue weighted by Gasteiger charge is -2.53. The largest absolute Gasteiger partial charge is 0.419 e. The molecule has 2 heterocycles. The van der Waals surface area contributed by atoms with E-state index in [2.05, 4.69) is 5.32 Å². The summed E-state index contributed by atoms with van der Waals surface area (Å²) in [5.74, 6) is 0. The van der Waals surface area contributed by atoms with Gasteiger partial charge in [0.1, 0.15) is 0 Å². The van der Waals surface area contributed by atoms with Gasteiger partial charge in [0.2, 0.25) is 0 Å². The summed E-state index contributed by atoms with van der Waals surface area (Å²) in [6.45, 7) is 3.51. The van der Waals surface area contributed by atoms with Crippen molar-refractivity contribution >= 4 is 0 Å². The molecular weight excluding hydrogens is 233 g/mol. The number of hydrogen-bond donors (Lipinski definition) is 1. The van der Waals surface area contributed by atoms with Gasteiger partial charge in [0.25, 0.3) is 0 Å². The maximum Gasteiger partial charge on any atom is 0.419 e. The van der Waals surface area contributed by atoms with Gasteiger partial charge in [-0.25, -0.2) is 0 Å². The number of likely N-dealkylation sites (tertiary alicyclic amines) is 1. The molecule has 17 heavy (non-hydrogen) atoms. The van der Waals surface area contributed by atoms with Crippen LogP contribution in [0.1, 0.15) is 19.8 Å². The predicted octanol–water partition coefficient (Wildman–Crippen LogP) is 1.39. The van der Waals surface area contributed by atoms with Crippen LogP contribution >= 0.6 is 0 Å². The minimum absolute atomic E-state index is 0.00495. The number of hydrogen-bond acceptors (Lipinski definition) is 3. The zero-order valence-corrected chi connectivity index (χ0v) is 10.0. The van der Waals surface area contributed by atoms with Crippen molar-refractivity contribution in [2.24, 2.45) is 0 Å². The number of piperidine rings is 1. The third-order valence-electron chi connectivity index (χ3n) is 3.68. The highest BCUT2D eigenvalue weighted by Crippen LogP contribution is 2.42. The molecule has 0 unspecified atom stereocenters. The van der Waals surface area contributed by atoms with Crippen molar-refractivity contribution < 1.29 is 17.9 Å². The van der Waals surface area contributed by atoms with Crippen molar-refractivity contribution in [2.75, 3.05) is 32.8 Å². The second kappa shape index (κ2) is 4.74. The summed E-state index contributed by atoms with van der Waals surface area (Å²) in [4.78, 5) is 1.91. The second-order valence-corrected chi connectivity index (χ2v) is 4.81. The monoisotopic (exact) mass is 252 g/mol. The molecule has 0 atom stereocenters. The predicted molar refractivity (Wildman–Crippen MR) is 57.9 cm³/mol. The molecule has 0 amide bonds. The first kappa shape index (κ1) is 13.1.